The normalized spacial score (nSPS) is 18.9. The van der Waals surface area contributed by atoms with E-state index in [9.17, 15) is 9.59 Å². The second-order valence-electron chi connectivity index (χ2n) is 8.50. The number of halogens is 1. The number of aryl methyl sites for hydroxylation is 1. The number of carbonyl (C=O) groups excluding carboxylic acids is 2. The van der Waals surface area contributed by atoms with Gasteiger partial charge in [-0.2, -0.15) is 0 Å². The van der Waals surface area contributed by atoms with Crippen LogP contribution < -0.4 is 10.6 Å². The molecule has 2 heterocycles. The Bertz CT molecular complexity index is 1030. The summed E-state index contributed by atoms with van der Waals surface area (Å²) in [5.74, 6) is -0.147. The van der Waals surface area contributed by atoms with Crippen LogP contribution in [0.1, 0.15) is 38.4 Å². The number of hydrogen-bond acceptors (Lipinski definition) is 5. The molecule has 2 amide bonds. The molecule has 2 aromatic rings. The fourth-order valence-corrected chi connectivity index (χ4v) is 5.83. The van der Waals surface area contributed by atoms with Gasteiger partial charge in [0.25, 0.3) is 0 Å². The average Bonchev–Trinajstić information content (AvgIpc) is 3.47. The first-order chi connectivity index (χ1) is 16.3. The molecule has 0 unspecified atom stereocenters. The first-order valence-corrected chi connectivity index (χ1v) is 13.7. The van der Waals surface area contributed by atoms with Crippen molar-refractivity contribution in [3.05, 3.63) is 65.3 Å². The standard InChI is InChI=1S/C26H33IN4O2S/c1-5-7-17(3)13-28-18(4)26(33)31-15-21(27)12-23(31)25(32)29-14-19-8-10-20(11-9-19)24-22(6-2)30-16-34-24/h5,7-11,16,18,21,23,28H,3,6,12-15H2,1-2,4H3,(H,29,32)/b7-5-/t18-,21+,23-/m0/s1. The number of carbonyl (C=O) groups is 2. The largest absolute Gasteiger partial charge is 0.350 e. The smallest absolute Gasteiger partial charge is 0.243 e. The van der Waals surface area contributed by atoms with Gasteiger partial charge in [-0.1, -0.05) is 72.5 Å². The van der Waals surface area contributed by atoms with Crippen LogP contribution in [-0.2, 0) is 22.6 Å². The highest BCUT2D eigenvalue weighted by atomic mass is 127. The van der Waals surface area contributed by atoms with Crippen molar-refractivity contribution in [3.63, 3.8) is 0 Å². The van der Waals surface area contributed by atoms with E-state index in [-0.39, 0.29) is 21.8 Å². The number of benzene rings is 1. The maximum absolute atomic E-state index is 13.1. The summed E-state index contributed by atoms with van der Waals surface area (Å²) in [5.41, 5.74) is 6.08. The number of rotatable bonds is 10. The maximum Gasteiger partial charge on any atom is 0.243 e. The highest BCUT2D eigenvalue weighted by molar-refractivity contribution is 14.1. The van der Waals surface area contributed by atoms with E-state index in [2.05, 4.69) is 63.8 Å². The van der Waals surface area contributed by atoms with Crippen molar-refractivity contribution in [1.82, 2.24) is 20.5 Å². The Morgan fingerprint density at radius 3 is 2.76 bits per heavy atom. The van der Waals surface area contributed by atoms with Crippen LogP contribution in [0.2, 0.25) is 0 Å². The number of hydrogen-bond donors (Lipinski definition) is 2. The van der Waals surface area contributed by atoms with Crippen molar-refractivity contribution in [2.45, 2.75) is 56.2 Å². The Balaban J connectivity index is 1.57. The molecule has 0 bridgehead atoms. The highest BCUT2D eigenvalue weighted by Crippen LogP contribution is 2.28. The molecule has 1 fully saturated rings. The van der Waals surface area contributed by atoms with Crippen LogP contribution in [0.25, 0.3) is 10.4 Å². The van der Waals surface area contributed by atoms with Gasteiger partial charge in [-0.15, -0.1) is 11.3 Å². The van der Waals surface area contributed by atoms with Crippen LogP contribution in [0.3, 0.4) is 0 Å². The van der Waals surface area contributed by atoms with E-state index >= 15 is 0 Å². The minimum atomic E-state index is -0.444. The molecule has 0 radical (unpaired) electrons. The molecular weight excluding hydrogens is 559 g/mol. The molecule has 2 N–H and O–H groups in total. The van der Waals surface area contributed by atoms with Gasteiger partial charge in [0.05, 0.1) is 22.1 Å². The molecule has 6 nitrogen and oxygen atoms in total. The quantitative estimate of drug-likeness (QED) is 0.242. The van der Waals surface area contributed by atoms with E-state index in [1.54, 1.807) is 16.2 Å². The van der Waals surface area contributed by atoms with Gasteiger partial charge >= 0.3 is 0 Å². The predicted octanol–water partition coefficient (Wildman–Crippen LogP) is 4.50. The molecule has 1 aliphatic heterocycles. The molecule has 1 aromatic heterocycles. The summed E-state index contributed by atoms with van der Waals surface area (Å²) in [6.45, 7) is 11.4. The Kier molecular flexibility index (Phi) is 9.85. The molecule has 34 heavy (non-hydrogen) atoms. The Labute approximate surface area is 220 Å². The topological polar surface area (TPSA) is 74.3 Å². The minimum Gasteiger partial charge on any atom is -0.350 e. The van der Waals surface area contributed by atoms with E-state index < -0.39 is 6.04 Å². The molecular formula is C26H33IN4O2S. The molecule has 3 rings (SSSR count). The lowest BCUT2D eigenvalue weighted by atomic mass is 10.1. The van der Waals surface area contributed by atoms with Crippen molar-refractivity contribution in [3.8, 4) is 10.4 Å². The third-order valence-electron chi connectivity index (χ3n) is 5.90. The number of thiazole rings is 1. The predicted molar refractivity (Wildman–Crippen MR) is 148 cm³/mol. The van der Waals surface area contributed by atoms with Crippen LogP contribution in [0.4, 0.5) is 0 Å². The van der Waals surface area contributed by atoms with Crippen LogP contribution in [0.5, 0.6) is 0 Å². The van der Waals surface area contributed by atoms with Crippen LogP contribution in [-0.4, -0.2) is 50.8 Å². The van der Waals surface area contributed by atoms with E-state index in [0.717, 1.165) is 28.8 Å². The van der Waals surface area contributed by atoms with E-state index in [1.165, 1.54) is 4.88 Å². The molecule has 0 spiro atoms. The number of nitrogens with one attached hydrogen (secondary N) is 2. The van der Waals surface area contributed by atoms with E-state index in [0.29, 0.717) is 26.1 Å². The van der Waals surface area contributed by atoms with Gasteiger partial charge in [-0.25, -0.2) is 4.98 Å². The summed E-state index contributed by atoms with van der Waals surface area (Å²) in [6, 6.07) is 7.41. The Morgan fingerprint density at radius 2 is 2.09 bits per heavy atom. The number of amides is 2. The molecule has 0 saturated carbocycles. The number of aromatic nitrogens is 1. The molecule has 1 saturated heterocycles. The molecule has 182 valence electrons. The monoisotopic (exact) mass is 592 g/mol. The fraction of sp³-hybridized carbons (Fsp3) is 0.423. The SMILES string of the molecule is C=C(/C=C\C)CN[C@@H](C)C(=O)N1C[C@H](I)C[C@H]1C(=O)NCc1ccc(-c2scnc2CC)cc1. The number of alkyl halides is 1. The number of allylic oxidation sites excluding steroid dienone is 1. The van der Waals surface area contributed by atoms with E-state index in [4.69, 9.17) is 0 Å². The first-order valence-electron chi connectivity index (χ1n) is 11.6. The summed E-state index contributed by atoms with van der Waals surface area (Å²) >= 11 is 3.98. The number of likely N-dealkylation sites (tertiary alicyclic amines) is 1. The maximum atomic E-state index is 13.1. The van der Waals surface area contributed by atoms with Crippen LogP contribution >= 0.6 is 33.9 Å². The van der Waals surface area contributed by atoms with Gasteiger partial charge in [0, 0.05) is 23.6 Å². The molecule has 0 aliphatic carbocycles. The zero-order valence-electron chi connectivity index (χ0n) is 20.0. The summed E-state index contributed by atoms with van der Waals surface area (Å²) < 4.78 is 0.258. The molecule has 1 aliphatic rings. The fourth-order valence-electron chi connectivity index (χ4n) is 4.03. The van der Waals surface area contributed by atoms with Crippen molar-refractivity contribution >= 4 is 45.7 Å². The zero-order chi connectivity index (χ0) is 24.7. The van der Waals surface area contributed by atoms with Gasteiger partial charge in [0.1, 0.15) is 6.04 Å². The summed E-state index contributed by atoms with van der Waals surface area (Å²) in [4.78, 5) is 33.5. The first kappa shape index (κ1) is 26.6. The molecule has 1 aromatic carbocycles. The molecule has 8 heteroatoms. The Hall–Kier alpha value is -2.04. The lowest BCUT2D eigenvalue weighted by Gasteiger charge is -2.27. The third-order valence-corrected chi connectivity index (χ3v) is 7.72. The molecule has 3 atom stereocenters. The van der Waals surface area contributed by atoms with Gasteiger partial charge in [0.2, 0.25) is 11.8 Å². The van der Waals surface area contributed by atoms with Crippen molar-refractivity contribution < 1.29 is 9.59 Å². The average molecular weight is 593 g/mol. The minimum absolute atomic E-state index is 0.0479. The van der Waals surface area contributed by atoms with E-state index in [1.807, 2.05) is 43.6 Å². The van der Waals surface area contributed by atoms with Crippen molar-refractivity contribution in [2.24, 2.45) is 0 Å². The van der Waals surface area contributed by atoms with Gasteiger partial charge < -0.3 is 15.5 Å². The van der Waals surface area contributed by atoms with Crippen LogP contribution in [0, 0.1) is 0 Å². The van der Waals surface area contributed by atoms with Crippen LogP contribution in [0.15, 0.2) is 54.1 Å². The second-order valence-corrected chi connectivity index (χ2v) is 11.1. The van der Waals surface area contributed by atoms with Gasteiger partial charge in [-0.3, -0.25) is 9.59 Å². The lowest BCUT2D eigenvalue weighted by Crippen LogP contribution is -2.51. The Morgan fingerprint density at radius 1 is 1.35 bits per heavy atom. The second kappa shape index (κ2) is 12.6. The zero-order valence-corrected chi connectivity index (χ0v) is 23.0. The van der Waals surface area contributed by atoms with Gasteiger partial charge in [-0.05, 0) is 43.4 Å². The van der Waals surface area contributed by atoms with Crippen molar-refractivity contribution in [2.75, 3.05) is 13.1 Å². The summed E-state index contributed by atoms with van der Waals surface area (Å²) in [7, 11) is 0. The number of nitrogens with zero attached hydrogens (tertiary/aromatic N) is 2. The highest BCUT2D eigenvalue weighted by Gasteiger charge is 2.39. The van der Waals surface area contributed by atoms with Gasteiger partial charge in [0.15, 0.2) is 0 Å². The third kappa shape index (κ3) is 6.76. The lowest BCUT2D eigenvalue weighted by molar-refractivity contribution is -0.139. The summed E-state index contributed by atoms with van der Waals surface area (Å²) in [6.07, 6.45) is 5.42. The van der Waals surface area contributed by atoms with Crippen molar-refractivity contribution in [1.29, 1.82) is 0 Å². The summed E-state index contributed by atoms with van der Waals surface area (Å²) in [5, 5.41) is 6.26.